The summed E-state index contributed by atoms with van der Waals surface area (Å²) in [6, 6.07) is 3.60. The number of H-pyrrole nitrogens is 1. The van der Waals surface area contributed by atoms with Crippen molar-refractivity contribution in [2.24, 2.45) is 12.5 Å². The molecule has 0 bridgehead atoms. The number of aromatic amines is 1. The van der Waals surface area contributed by atoms with Crippen LogP contribution in [0.1, 0.15) is 67.3 Å². The quantitative estimate of drug-likeness (QED) is 0.561. The molecule has 0 aliphatic heterocycles. The lowest BCUT2D eigenvalue weighted by Gasteiger charge is -2.23. The average molecular weight is 427 g/mol. The van der Waals surface area contributed by atoms with Gasteiger partial charge in [0, 0.05) is 49.7 Å². The van der Waals surface area contributed by atoms with Gasteiger partial charge in [0.25, 0.3) is 5.91 Å². The minimum absolute atomic E-state index is 0.0183. The van der Waals surface area contributed by atoms with E-state index in [2.05, 4.69) is 31.9 Å². The largest absolute Gasteiger partial charge is 0.378 e. The number of nitrogens with one attached hydrogen (secondary N) is 3. The Morgan fingerprint density at radius 2 is 2.23 bits per heavy atom. The van der Waals surface area contributed by atoms with Crippen LogP contribution in [0.15, 0.2) is 12.1 Å². The second-order valence-corrected chi connectivity index (χ2v) is 8.50. The number of hydrogen-bond donors (Lipinski definition) is 3. The SMILES string of the molecule is C#C[C@]1(CC(=O)NC(C)C)CC[C@@H](c2cc(NC(=O)c3cc(COC)nn3C)n[nH]2)C1. The summed E-state index contributed by atoms with van der Waals surface area (Å²) in [4.78, 5) is 24.9. The van der Waals surface area contributed by atoms with Gasteiger partial charge in [-0.15, -0.1) is 6.42 Å². The zero-order valence-corrected chi connectivity index (χ0v) is 18.5. The van der Waals surface area contributed by atoms with Crippen LogP contribution in [0.5, 0.6) is 0 Å². The first-order valence-electron chi connectivity index (χ1n) is 10.4. The number of methoxy groups -OCH3 is 1. The van der Waals surface area contributed by atoms with Crippen LogP contribution in [-0.4, -0.2) is 44.9 Å². The fourth-order valence-electron chi connectivity index (χ4n) is 4.16. The van der Waals surface area contributed by atoms with Gasteiger partial charge in [0.2, 0.25) is 5.91 Å². The zero-order valence-electron chi connectivity index (χ0n) is 18.5. The number of hydrogen-bond acceptors (Lipinski definition) is 5. The Morgan fingerprint density at radius 1 is 1.45 bits per heavy atom. The molecule has 2 atom stereocenters. The van der Waals surface area contributed by atoms with E-state index in [-0.39, 0.29) is 23.8 Å². The molecule has 2 aromatic rings. The van der Waals surface area contributed by atoms with Crippen molar-refractivity contribution in [3.63, 3.8) is 0 Å². The van der Waals surface area contributed by atoms with Crippen LogP contribution in [-0.2, 0) is 23.2 Å². The van der Waals surface area contributed by atoms with Crippen molar-refractivity contribution in [1.82, 2.24) is 25.3 Å². The highest BCUT2D eigenvalue weighted by Gasteiger charge is 2.40. The standard InChI is InChI=1S/C22H30N6O3/c1-6-22(12-20(29)23-14(2)3)8-7-15(11-22)17-10-19(26-25-17)24-21(30)18-9-16(13-31-5)27-28(18)4/h1,9-10,14-15H,7-8,11-13H2,2-5H3,(H,23,29)(H2,24,25,26,30)/t15-,22+/m1/s1. The second kappa shape index (κ2) is 9.35. The van der Waals surface area contributed by atoms with E-state index in [4.69, 9.17) is 11.2 Å². The first-order valence-corrected chi connectivity index (χ1v) is 10.4. The second-order valence-electron chi connectivity index (χ2n) is 8.50. The van der Waals surface area contributed by atoms with Crippen molar-refractivity contribution in [1.29, 1.82) is 0 Å². The number of ether oxygens (including phenoxy) is 1. The number of anilines is 1. The summed E-state index contributed by atoms with van der Waals surface area (Å²) < 4.78 is 6.57. The first-order chi connectivity index (χ1) is 14.7. The molecule has 1 aliphatic rings. The third kappa shape index (κ3) is 5.33. The van der Waals surface area contributed by atoms with E-state index in [1.807, 2.05) is 19.9 Å². The van der Waals surface area contributed by atoms with Crippen LogP contribution in [0.2, 0.25) is 0 Å². The molecule has 1 fully saturated rings. The molecule has 0 unspecified atom stereocenters. The third-order valence-corrected chi connectivity index (χ3v) is 5.60. The van der Waals surface area contributed by atoms with Gasteiger partial charge < -0.3 is 15.4 Å². The summed E-state index contributed by atoms with van der Waals surface area (Å²) in [5.74, 6) is 3.15. The summed E-state index contributed by atoms with van der Waals surface area (Å²) in [6.07, 6.45) is 8.49. The molecule has 1 aliphatic carbocycles. The summed E-state index contributed by atoms with van der Waals surface area (Å²) in [5.41, 5.74) is 1.54. The molecule has 9 heteroatoms. The van der Waals surface area contributed by atoms with E-state index in [1.165, 1.54) is 4.68 Å². The average Bonchev–Trinajstić information content (AvgIpc) is 3.40. The Hall–Kier alpha value is -3.12. The summed E-state index contributed by atoms with van der Waals surface area (Å²) in [7, 11) is 3.28. The maximum absolute atomic E-state index is 12.6. The predicted molar refractivity (Wildman–Crippen MR) is 116 cm³/mol. The van der Waals surface area contributed by atoms with Crippen LogP contribution in [0.3, 0.4) is 0 Å². The van der Waals surface area contributed by atoms with Crippen LogP contribution < -0.4 is 10.6 Å². The molecule has 9 nitrogen and oxygen atoms in total. The Bertz CT molecular complexity index is 986. The number of aryl methyl sites for hydroxylation is 1. The number of carbonyl (C=O) groups is 2. The van der Waals surface area contributed by atoms with E-state index < -0.39 is 5.41 Å². The van der Waals surface area contributed by atoms with Gasteiger partial charge in [0.1, 0.15) is 5.69 Å². The molecule has 0 saturated heterocycles. The van der Waals surface area contributed by atoms with Crippen LogP contribution in [0.4, 0.5) is 5.82 Å². The molecule has 2 heterocycles. The number of carbonyl (C=O) groups excluding carboxylic acids is 2. The van der Waals surface area contributed by atoms with Crippen molar-refractivity contribution >= 4 is 17.6 Å². The molecule has 0 radical (unpaired) electrons. The Kier molecular flexibility index (Phi) is 6.81. The molecule has 31 heavy (non-hydrogen) atoms. The topological polar surface area (TPSA) is 114 Å². The van der Waals surface area contributed by atoms with Crippen LogP contribution in [0.25, 0.3) is 0 Å². The minimum atomic E-state index is -0.454. The maximum Gasteiger partial charge on any atom is 0.275 e. The van der Waals surface area contributed by atoms with Gasteiger partial charge in [0.05, 0.1) is 12.3 Å². The van der Waals surface area contributed by atoms with Crippen molar-refractivity contribution in [2.75, 3.05) is 12.4 Å². The lowest BCUT2D eigenvalue weighted by atomic mass is 9.82. The van der Waals surface area contributed by atoms with E-state index in [0.717, 1.165) is 18.5 Å². The molecule has 166 valence electrons. The van der Waals surface area contributed by atoms with Crippen molar-refractivity contribution < 1.29 is 14.3 Å². The number of rotatable bonds is 8. The van der Waals surface area contributed by atoms with Gasteiger partial charge >= 0.3 is 0 Å². The number of aromatic nitrogens is 4. The van der Waals surface area contributed by atoms with Crippen molar-refractivity contribution in [3.05, 3.63) is 29.2 Å². The highest BCUT2D eigenvalue weighted by Crippen LogP contribution is 2.48. The number of amides is 2. The summed E-state index contributed by atoms with van der Waals surface area (Å²) in [6.45, 7) is 4.20. The highest BCUT2D eigenvalue weighted by atomic mass is 16.5. The molecule has 0 aromatic carbocycles. The van der Waals surface area contributed by atoms with Gasteiger partial charge in [-0.25, -0.2) is 0 Å². The number of nitrogens with zero attached hydrogens (tertiary/aromatic N) is 3. The molecule has 3 rings (SSSR count). The van der Waals surface area contributed by atoms with Gasteiger partial charge in [-0.05, 0) is 39.2 Å². The molecule has 2 amide bonds. The van der Waals surface area contributed by atoms with Crippen molar-refractivity contribution in [2.45, 2.75) is 58.1 Å². The molecule has 1 saturated carbocycles. The number of terminal acetylenes is 1. The third-order valence-electron chi connectivity index (χ3n) is 5.60. The summed E-state index contributed by atoms with van der Waals surface area (Å²) >= 11 is 0. The van der Waals surface area contributed by atoms with E-state index in [1.54, 1.807) is 20.2 Å². The smallest absolute Gasteiger partial charge is 0.275 e. The maximum atomic E-state index is 12.6. The van der Waals surface area contributed by atoms with Crippen LogP contribution >= 0.6 is 0 Å². The van der Waals surface area contributed by atoms with Crippen LogP contribution in [0, 0.1) is 17.8 Å². The molecule has 2 aromatic heterocycles. The van der Waals surface area contributed by atoms with Gasteiger partial charge in [-0.1, -0.05) is 5.92 Å². The molecule has 3 N–H and O–H groups in total. The normalized spacial score (nSPS) is 20.6. The first kappa shape index (κ1) is 22.6. The molecular weight excluding hydrogens is 396 g/mol. The zero-order chi connectivity index (χ0) is 22.6. The Morgan fingerprint density at radius 3 is 2.90 bits per heavy atom. The molecular formula is C22H30N6O3. The van der Waals surface area contributed by atoms with Gasteiger partial charge in [-0.2, -0.15) is 10.2 Å². The fourth-order valence-corrected chi connectivity index (χ4v) is 4.16. The van der Waals surface area contributed by atoms with Gasteiger partial charge in [0.15, 0.2) is 5.82 Å². The lowest BCUT2D eigenvalue weighted by Crippen LogP contribution is -2.34. The van der Waals surface area contributed by atoms with E-state index in [0.29, 0.717) is 36.7 Å². The predicted octanol–water partition coefficient (Wildman–Crippen LogP) is 2.34. The molecule has 0 spiro atoms. The van der Waals surface area contributed by atoms with E-state index >= 15 is 0 Å². The highest BCUT2D eigenvalue weighted by molar-refractivity contribution is 6.02. The van der Waals surface area contributed by atoms with Gasteiger partial charge in [-0.3, -0.25) is 19.4 Å². The van der Waals surface area contributed by atoms with E-state index in [9.17, 15) is 9.59 Å². The minimum Gasteiger partial charge on any atom is -0.378 e. The monoisotopic (exact) mass is 426 g/mol. The van der Waals surface area contributed by atoms with Crippen molar-refractivity contribution in [3.8, 4) is 12.3 Å². The lowest BCUT2D eigenvalue weighted by molar-refractivity contribution is -0.123. The Labute approximate surface area is 182 Å². The summed E-state index contributed by atoms with van der Waals surface area (Å²) in [5, 5.41) is 17.2. The fraction of sp³-hybridized carbons (Fsp3) is 0.545. The Balaban J connectivity index is 1.64.